The molecule has 0 heterocycles. The van der Waals surface area contributed by atoms with E-state index in [4.69, 9.17) is 15.9 Å². The van der Waals surface area contributed by atoms with E-state index in [1.165, 1.54) is 6.92 Å². The number of halogens is 1. The fourth-order valence-electron chi connectivity index (χ4n) is 1.79. The average Bonchev–Trinajstić information content (AvgIpc) is 2.31. The molecule has 0 spiro atoms. The number of aliphatic hydroxyl groups is 1. The Morgan fingerprint density at radius 3 is 2.44 bits per heavy atom. The van der Waals surface area contributed by atoms with Crippen LogP contribution in [0.2, 0.25) is 0 Å². The molecule has 0 bridgehead atoms. The van der Waals surface area contributed by atoms with Crippen LogP contribution in [0.5, 0.6) is 0 Å². The van der Waals surface area contributed by atoms with Crippen LogP contribution < -0.4 is 5.73 Å². The monoisotopic (exact) mass is 315 g/mol. The zero-order valence-corrected chi connectivity index (χ0v) is 11.9. The van der Waals surface area contributed by atoms with Crippen LogP contribution in [0.25, 0.3) is 0 Å². The average molecular weight is 316 g/mol. The van der Waals surface area contributed by atoms with Gasteiger partial charge in [-0.2, -0.15) is 0 Å². The Labute approximate surface area is 115 Å². The smallest absolute Gasteiger partial charge is 0.311 e. The molecule has 0 aromatic heterocycles. The van der Waals surface area contributed by atoms with Gasteiger partial charge in [0.05, 0.1) is 12.0 Å². The molecule has 0 aliphatic rings. The number of aliphatic carboxylic acids is 1. The minimum atomic E-state index is -1.17. The molecule has 0 saturated heterocycles. The number of hydrogen-bond donors (Lipinski definition) is 3. The molecule has 1 aromatic rings. The summed E-state index contributed by atoms with van der Waals surface area (Å²) in [5.41, 5.74) is 5.84. The second-order valence-electron chi connectivity index (χ2n) is 4.82. The minimum absolute atomic E-state index is 0.245. The van der Waals surface area contributed by atoms with Crippen LogP contribution in [0, 0.1) is 5.41 Å². The lowest BCUT2D eigenvalue weighted by molar-refractivity contribution is -0.151. The van der Waals surface area contributed by atoms with E-state index in [0.717, 1.165) is 10.0 Å². The van der Waals surface area contributed by atoms with Crippen molar-refractivity contribution in [2.24, 2.45) is 11.1 Å². The van der Waals surface area contributed by atoms with E-state index in [0.29, 0.717) is 6.42 Å². The number of carboxylic acids is 1. The molecular formula is C13H18BrNO3. The van der Waals surface area contributed by atoms with Crippen molar-refractivity contribution in [1.82, 2.24) is 0 Å². The minimum Gasteiger partial charge on any atom is -0.481 e. The Morgan fingerprint density at radius 2 is 2.00 bits per heavy atom. The van der Waals surface area contributed by atoms with Crippen LogP contribution in [-0.4, -0.2) is 28.8 Å². The van der Waals surface area contributed by atoms with Gasteiger partial charge in [-0.25, -0.2) is 0 Å². The summed E-state index contributed by atoms with van der Waals surface area (Å²) < 4.78 is 0.991. The third kappa shape index (κ3) is 4.08. The molecule has 0 amide bonds. The first-order valence-electron chi connectivity index (χ1n) is 5.71. The quantitative estimate of drug-likeness (QED) is 0.747. The molecule has 0 radical (unpaired) electrons. The third-order valence-electron chi connectivity index (χ3n) is 2.99. The van der Waals surface area contributed by atoms with Crippen LogP contribution in [0.4, 0.5) is 0 Å². The Morgan fingerprint density at radius 1 is 1.44 bits per heavy atom. The van der Waals surface area contributed by atoms with Gasteiger partial charge in [-0.1, -0.05) is 28.1 Å². The van der Waals surface area contributed by atoms with E-state index >= 15 is 0 Å². The zero-order chi connectivity index (χ0) is 13.8. The lowest BCUT2D eigenvalue weighted by Crippen LogP contribution is -2.39. The molecule has 4 nitrogen and oxygen atoms in total. The predicted octanol–water partition coefficient (Wildman–Crippen LogP) is 1.79. The van der Waals surface area contributed by atoms with Crippen molar-refractivity contribution in [2.75, 3.05) is 6.61 Å². The van der Waals surface area contributed by atoms with E-state index in [9.17, 15) is 4.79 Å². The van der Waals surface area contributed by atoms with Gasteiger partial charge in [0, 0.05) is 10.5 Å². The molecule has 0 aliphatic heterocycles. The largest absolute Gasteiger partial charge is 0.481 e. The SMILES string of the molecule is CC(CO)(CC(N)Cc1ccc(Br)cc1)C(=O)O. The van der Waals surface area contributed by atoms with Crippen LogP contribution >= 0.6 is 15.9 Å². The number of carbonyl (C=O) groups is 1. The Hall–Kier alpha value is -0.910. The van der Waals surface area contributed by atoms with Gasteiger partial charge in [0.25, 0.3) is 0 Å². The maximum absolute atomic E-state index is 11.1. The predicted molar refractivity (Wildman–Crippen MR) is 73.3 cm³/mol. The summed E-state index contributed by atoms with van der Waals surface area (Å²) in [7, 11) is 0. The number of rotatable bonds is 6. The third-order valence-corrected chi connectivity index (χ3v) is 3.52. The summed E-state index contributed by atoms with van der Waals surface area (Å²) >= 11 is 3.35. The highest BCUT2D eigenvalue weighted by Crippen LogP contribution is 2.24. The molecule has 100 valence electrons. The lowest BCUT2D eigenvalue weighted by Gasteiger charge is -2.25. The fraction of sp³-hybridized carbons (Fsp3) is 0.462. The van der Waals surface area contributed by atoms with Gasteiger partial charge in [-0.05, 0) is 37.5 Å². The molecule has 0 aliphatic carbocycles. The summed E-state index contributed by atoms with van der Waals surface area (Å²) in [6.07, 6.45) is 0.838. The molecule has 0 fully saturated rings. The number of carboxylic acid groups (broad SMARTS) is 1. The summed E-state index contributed by atoms with van der Waals surface area (Å²) in [5.74, 6) is -1.02. The highest BCUT2D eigenvalue weighted by molar-refractivity contribution is 9.10. The molecular weight excluding hydrogens is 298 g/mol. The van der Waals surface area contributed by atoms with E-state index < -0.39 is 18.0 Å². The van der Waals surface area contributed by atoms with E-state index in [-0.39, 0.29) is 12.5 Å². The van der Waals surface area contributed by atoms with E-state index in [2.05, 4.69) is 15.9 Å². The fourth-order valence-corrected chi connectivity index (χ4v) is 2.06. The highest BCUT2D eigenvalue weighted by Gasteiger charge is 2.34. The van der Waals surface area contributed by atoms with Crippen molar-refractivity contribution in [1.29, 1.82) is 0 Å². The summed E-state index contributed by atoms with van der Waals surface area (Å²) in [6.45, 7) is 1.10. The first-order chi connectivity index (χ1) is 8.37. The number of hydrogen-bond acceptors (Lipinski definition) is 3. The van der Waals surface area contributed by atoms with Crippen LogP contribution in [0.15, 0.2) is 28.7 Å². The van der Waals surface area contributed by atoms with Gasteiger partial charge < -0.3 is 15.9 Å². The zero-order valence-electron chi connectivity index (χ0n) is 10.3. The van der Waals surface area contributed by atoms with Crippen molar-refractivity contribution in [3.05, 3.63) is 34.3 Å². The van der Waals surface area contributed by atoms with E-state index in [1.807, 2.05) is 24.3 Å². The standard InChI is InChI=1S/C13H18BrNO3/c1-13(8-16,12(17)18)7-11(15)6-9-2-4-10(14)5-3-9/h2-5,11,16H,6-8,15H2,1H3,(H,17,18). The van der Waals surface area contributed by atoms with E-state index in [1.54, 1.807) is 0 Å². The normalized spacial score (nSPS) is 16.0. The second-order valence-corrected chi connectivity index (χ2v) is 5.73. The molecule has 1 aromatic carbocycles. The number of benzene rings is 1. The Balaban J connectivity index is 2.63. The van der Waals surface area contributed by atoms with Gasteiger partial charge in [-0.3, -0.25) is 4.79 Å². The summed E-state index contributed by atoms with van der Waals surface area (Å²) in [6, 6.07) is 7.44. The molecule has 1 rings (SSSR count). The Bertz CT molecular complexity index is 407. The number of nitrogens with two attached hydrogens (primary N) is 1. The van der Waals surface area contributed by atoms with Crippen molar-refractivity contribution in [3.63, 3.8) is 0 Å². The topological polar surface area (TPSA) is 83.5 Å². The maximum atomic E-state index is 11.1. The maximum Gasteiger partial charge on any atom is 0.311 e. The molecule has 18 heavy (non-hydrogen) atoms. The van der Waals surface area contributed by atoms with Gasteiger partial charge in [0.2, 0.25) is 0 Å². The van der Waals surface area contributed by atoms with Gasteiger partial charge in [0.15, 0.2) is 0 Å². The highest BCUT2D eigenvalue weighted by atomic mass is 79.9. The van der Waals surface area contributed by atoms with Gasteiger partial charge in [-0.15, -0.1) is 0 Å². The van der Waals surface area contributed by atoms with Gasteiger partial charge in [0.1, 0.15) is 0 Å². The van der Waals surface area contributed by atoms with Crippen molar-refractivity contribution < 1.29 is 15.0 Å². The molecule has 0 saturated carbocycles. The first kappa shape index (κ1) is 15.1. The molecule has 5 heteroatoms. The van der Waals surface area contributed by atoms with Crippen LogP contribution in [0.3, 0.4) is 0 Å². The summed E-state index contributed by atoms with van der Waals surface area (Å²) in [4.78, 5) is 11.1. The van der Waals surface area contributed by atoms with Crippen LogP contribution in [-0.2, 0) is 11.2 Å². The van der Waals surface area contributed by atoms with Crippen molar-refractivity contribution in [3.8, 4) is 0 Å². The molecule has 2 atom stereocenters. The lowest BCUT2D eigenvalue weighted by atomic mass is 9.83. The van der Waals surface area contributed by atoms with Crippen LogP contribution in [0.1, 0.15) is 18.9 Å². The first-order valence-corrected chi connectivity index (χ1v) is 6.51. The van der Waals surface area contributed by atoms with Crippen molar-refractivity contribution >= 4 is 21.9 Å². The summed E-state index contributed by atoms with van der Waals surface area (Å²) in [5, 5.41) is 18.2. The van der Waals surface area contributed by atoms with Gasteiger partial charge >= 0.3 is 5.97 Å². The van der Waals surface area contributed by atoms with Crippen molar-refractivity contribution in [2.45, 2.75) is 25.8 Å². The number of aliphatic hydroxyl groups excluding tert-OH is 1. The Kier molecular flexibility index (Phi) is 5.31. The molecule has 4 N–H and O–H groups in total. The second kappa shape index (κ2) is 6.31. The molecule has 2 unspecified atom stereocenters.